The van der Waals surface area contributed by atoms with E-state index in [1.54, 1.807) is 12.5 Å². The summed E-state index contributed by atoms with van der Waals surface area (Å²) in [7, 11) is 0.336. The first-order valence-corrected chi connectivity index (χ1v) is 10.1. The monoisotopic (exact) mass is 287 g/mol. The first kappa shape index (κ1) is 14.5. The fourth-order valence-corrected chi connectivity index (χ4v) is 2.58. The molecule has 0 saturated heterocycles. The fourth-order valence-electron chi connectivity index (χ4n) is 1.75. The molecule has 4 nitrogen and oxygen atoms in total. The maximum Gasteiger partial charge on any atom is 0.242 e. The van der Waals surface area contributed by atoms with Crippen LogP contribution in [0.3, 0.4) is 0 Å². The topological polar surface area (TPSA) is 39.4 Å². The SMILES string of the molecule is Cc1c(/C=N/c2ccccc2O[Si](C)(C)C)ncn1C. The summed E-state index contributed by atoms with van der Waals surface area (Å²) in [4.78, 5) is 8.85. The molecule has 0 unspecified atom stereocenters. The van der Waals surface area contributed by atoms with E-state index < -0.39 is 8.32 Å². The highest BCUT2D eigenvalue weighted by Gasteiger charge is 2.17. The summed E-state index contributed by atoms with van der Waals surface area (Å²) < 4.78 is 8.03. The molecule has 0 atom stereocenters. The minimum atomic E-state index is -1.64. The van der Waals surface area contributed by atoms with Gasteiger partial charge in [0.15, 0.2) is 0 Å². The fraction of sp³-hybridized carbons (Fsp3) is 0.333. The number of aryl methyl sites for hydroxylation is 1. The normalized spacial score (nSPS) is 12.1. The van der Waals surface area contributed by atoms with Gasteiger partial charge in [-0.25, -0.2) is 4.98 Å². The van der Waals surface area contributed by atoms with Crippen LogP contribution in [0.2, 0.25) is 19.6 Å². The zero-order chi connectivity index (χ0) is 14.8. The zero-order valence-corrected chi connectivity index (χ0v) is 13.7. The van der Waals surface area contributed by atoms with Crippen molar-refractivity contribution >= 4 is 20.2 Å². The minimum Gasteiger partial charge on any atom is -0.543 e. The van der Waals surface area contributed by atoms with Gasteiger partial charge in [-0.3, -0.25) is 4.99 Å². The van der Waals surface area contributed by atoms with Crippen molar-refractivity contribution in [1.82, 2.24) is 9.55 Å². The molecule has 0 N–H and O–H groups in total. The molecule has 0 amide bonds. The Kier molecular flexibility index (Phi) is 4.08. The van der Waals surface area contributed by atoms with E-state index in [1.807, 2.05) is 42.8 Å². The number of para-hydroxylation sites is 2. The molecule has 0 saturated carbocycles. The lowest BCUT2D eigenvalue weighted by Gasteiger charge is -2.20. The van der Waals surface area contributed by atoms with Crippen LogP contribution in [-0.2, 0) is 7.05 Å². The summed E-state index contributed by atoms with van der Waals surface area (Å²) in [6.45, 7) is 8.52. The molecule has 0 radical (unpaired) electrons. The van der Waals surface area contributed by atoms with E-state index in [1.165, 1.54) is 0 Å². The summed E-state index contributed by atoms with van der Waals surface area (Å²) >= 11 is 0. The standard InChI is InChI=1S/C15H21N3OSi/c1-12-14(17-11-18(12)2)10-16-13-8-6-7-9-15(13)19-20(3,4)5/h6-11H,1-5H3/b16-10+. The van der Waals surface area contributed by atoms with Crippen LogP contribution in [0, 0.1) is 6.92 Å². The second-order valence-corrected chi connectivity index (χ2v) is 10.2. The van der Waals surface area contributed by atoms with Crippen LogP contribution >= 0.6 is 0 Å². The van der Waals surface area contributed by atoms with Crippen LogP contribution in [-0.4, -0.2) is 24.1 Å². The van der Waals surface area contributed by atoms with E-state index in [-0.39, 0.29) is 0 Å². The highest BCUT2D eigenvalue weighted by molar-refractivity contribution is 6.70. The number of aromatic nitrogens is 2. The third-order valence-electron chi connectivity index (χ3n) is 2.88. The van der Waals surface area contributed by atoms with Crippen molar-refractivity contribution in [2.75, 3.05) is 0 Å². The second kappa shape index (κ2) is 5.62. The van der Waals surface area contributed by atoms with E-state index in [0.717, 1.165) is 22.8 Å². The Morgan fingerprint density at radius 1 is 1.25 bits per heavy atom. The third kappa shape index (κ3) is 3.57. The first-order valence-electron chi connectivity index (χ1n) is 6.67. The average molecular weight is 287 g/mol. The largest absolute Gasteiger partial charge is 0.543 e. The van der Waals surface area contributed by atoms with Gasteiger partial charge in [0.05, 0.1) is 12.5 Å². The van der Waals surface area contributed by atoms with Gasteiger partial charge in [-0.2, -0.15) is 0 Å². The van der Waals surface area contributed by atoms with E-state index in [2.05, 4.69) is 29.6 Å². The molecule has 106 valence electrons. The van der Waals surface area contributed by atoms with Gasteiger partial charge in [0.25, 0.3) is 0 Å². The maximum atomic E-state index is 6.06. The number of hydrogen-bond acceptors (Lipinski definition) is 3. The first-order chi connectivity index (χ1) is 9.37. The molecule has 1 aromatic carbocycles. The number of nitrogens with zero attached hydrogens (tertiary/aromatic N) is 3. The van der Waals surface area contributed by atoms with Crippen molar-refractivity contribution in [1.29, 1.82) is 0 Å². The van der Waals surface area contributed by atoms with Crippen molar-refractivity contribution in [2.24, 2.45) is 12.0 Å². The van der Waals surface area contributed by atoms with Crippen LogP contribution in [0.1, 0.15) is 11.4 Å². The van der Waals surface area contributed by atoms with Gasteiger partial charge in [-0.1, -0.05) is 12.1 Å². The van der Waals surface area contributed by atoms with Crippen molar-refractivity contribution < 1.29 is 4.43 Å². The van der Waals surface area contributed by atoms with Crippen LogP contribution in [0.15, 0.2) is 35.6 Å². The number of rotatable bonds is 4. The summed E-state index contributed by atoms with van der Waals surface area (Å²) in [6, 6.07) is 7.87. The average Bonchev–Trinajstić information content (AvgIpc) is 2.67. The Morgan fingerprint density at radius 2 is 1.95 bits per heavy atom. The summed E-state index contributed by atoms with van der Waals surface area (Å²) in [5.74, 6) is 0.844. The summed E-state index contributed by atoms with van der Waals surface area (Å²) in [5.41, 5.74) is 2.83. The smallest absolute Gasteiger partial charge is 0.242 e. The van der Waals surface area contributed by atoms with Gasteiger partial charge in [0, 0.05) is 12.7 Å². The lowest BCUT2D eigenvalue weighted by Crippen LogP contribution is -2.29. The molecule has 1 heterocycles. The molecular formula is C15H21N3OSi. The summed E-state index contributed by atoms with van der Waals surface area (Å²) in [5, 5.41) is 0. The number of imidazole rings is 1. The second-order valence-electron chi connectivity index (χ2n) is 5.77. The van der Waals surface area contributed by atoms with E-state index in [0.29, 0.717) is 0 Å². The van der Waals surface area contributed by atoms with Gasteiger partial charge < -0.3 is 8.99 Å². The van der Waals surface area contributed by atoms with Gasteiger partial charge in [0.2, 0.25) is 8.32 Å². The molecule has 2 aromatic rings. The van der Waals surface area contributed by atoms with Crippen LogP contribution in [0.5, 0.6) is 5.75 Å². The molecule has 0 aliphatic heterocycles. The van der Waals surface area contributed by atoms with Crippen molar-refractivity contribution in [3.8, 4) is 5.75 Å². The van der Waals surface area contributed by atoms with Gasteiger partial charge >= 0.3 is 0 Å². The van der Waals surface area contributed by atoms with Crippen LogP contribution in [0.4, 0.5) is 5.69 Å². The molecular weight excluding hydrogens is 266 g/mol. The van der Waals surface area contributed by atoms with Crippen LogP contribution < -0.4 is 4.43 Å². The molecule has 2 rings (SSSR count). The van der Waals surface area contributed by atoms with Crippen molar-refractivity contribution in [3.63, 3.8) is 0 Å². The quantitative estimate of drug-likeness (QED) is 0.635. The number of hydrogen-bond donors (Lipinski definition) is 0. The molecule has 0 aliphatic carbocycles. The zero-order valence-electron chi connectivity index (χ0n) is 12.7. The number of benzene rings is 1. The van der Waals surface area contributed by atoms with Gasteiger partial charge in [0.1, 0.15) is 17.1 Å². The molecule has 0 spiro atoms. The third-order valence-corrected chi connectivity index (χ3v) is 3.71. The van der Waals surface area contributed by atoms with E-state index in [9.17, 15) is 0 Å². The van der Waals surface area contributed by atoms with Crippen molar-refractivity contribution in [2.45, 2.75) is 26.6 Å². The predicted molar refractivity (Wildman–Crippen MR) is 85.6 cm³/mol. The Balaban J connectivity index is 2.27. The molecule has 0 bridgehead atoms. The Morgan fingerprint density at radius 3 is 2.55 bits per heavy atom. The Hall–Kier alpha value is -1.88. The van der Waals surface area contributed by atoms with Gasteiger partial charge in [-0.15, -0.1) is 0 Å². The molecule has 20 heavy (non-hydrogen) atoms. The van der Waals surface area contributed by atoms with E-state index in [4.69, 9.17) is 4.43 Å². The lowest BCUT2D eigenvalue weighted by atomic mass is 10.3. The molecule has 0 aliphatic rings. The Bertz CT molecular complexity index is 626. The molecule has 0 fully saturated rings. The van der Waals surface area contributed by atoms with E-state index >= 15 is 0 Å². The highest BCUT2D eigenvalue weighted by atomic mass is 28.4. The number of aliphatic imine (C=N–C) groups is 1. The van der Waals surface area contributed by atoms with Crippen molar-refractivity contribution in [3.05, 3.63) is 42.0 Å². The summed E-state index contributed by atoms with van der Waals surface area (Å²) in [6.07, 6.45) is 3.59. The maximum absolute atomic E-state index is 6.06. The van der Waals surface area contributed by atoms with Gasteiger partial charge in [-0.05, 0) is 38.7 Å². The molecule has 1 aromatic heterocycles. The van der Waals surface area contributed by atoms with Crippen LogP contribution in [0.25, 0.3) is 0 Å². The predicted octanol–water partition coefficient (Wildman–Crippen LogP) is 3.69. The lowest BCUT2D eigenvalue weighted by molar-refractivity contribution is 0.559. The Labute approximate surface area is 121 Å². The molecule has 5 heteroatoms. The highest BCUT2D eigenvalue weighted by Crippen LogP contribution is 2.29. The minimum absolute atomic E-state index is 0.844.